The fourth-order valence-corrected chi connectivity index (χ4v) is 3.46. The summed E-state index contributed by atoms with van der Waals surface area (Å²) in [6, 6.07) is 25.7. The molecule has 0 saturated carbocycles. The van der Waals surface area contributed by atoms with Crippen molar-refractivity contribution < 1.29 is 23.8 Å². The smallest absolute Gasteiger partial charge is 0.343 e. The number of amides is 1. The number of hydrogen-bond acceptors (Lipinski definition) is 6. The van der Waals surface area contributed by atoms with E-state index in [0.717, 1.165) is 16.3 Å². The molecule has 1 unspecified atom stereocenters. The number of hydrogen-bond donors (Lipinski definition) is 1. The van der Waals surface area contributed by atoms with E-state index in [9.17, 15) is 9.59 Å². The van der Waals surface area contributed by atoms with Gasteiger partial charge < -0.3 is 14.2 Å². The SMILES string of the molecule is COc1cc(C=NNC(=O)C(C)Oc2ccc3ccccc3c2)ccc1OC(=O)c1ccc(C)cc1. The van der Waals surface area contributed by atoms with Crippen LogP contribution in [0.3, 0.4) is 0 Å². The number of ether oxygens (including phenoxy) is 3. The Morgan fingerprint density at radius 3 is 2.39 bits per heavy atom. The highest BCUT2D eigenvalue weighted by Crippen LogP contribution is 2.28. The zero-order valence-corrected chi connectivity index (χ0v) is 20.2. The van der Waals surface area contributed by atoms with E-state index in [1.54, 1.807) is 37.3 Å². The van der Waals surface area contributed by atoms with Crippen LogP contribution in [0.5, 0.6) is 17.2 Å². The number of nitrogens with zero attached hydrogens (tertiary/aromatic N) is 1. The van der Waals surface area contributed by atoms with E-state index in [2.05, 4.69) is 10.5 Å². The summed E-state index contributed by atoms with van der Waals surface area (Å²) in [5.41, 5.74) is 4.61. The van der Waals surface area contributed by atoms with Crippen LogP contribution in [0, 0.1) is 6.92 Å². The maximum atomic E-state index is 12.4. The average Bonchev–Trinajstić information content (AvgIpc) is 2.89. The van der Waals surface area contributed by atoms with E-state index in [1.807, 2.05) is 61.5 Å². The number of benzene rings is 4. The molecule has 0 aliphatic heterocycles. The summed E-state index contributed by atoms with van der Waals surface area (Å²) in [6.45, 7) is 3.60. The molecule has 4 aromatic rings. The van der Waals surface area contributed by atoms with E-state index in [1.165, 1.54) is 13.3 Å². The van der Waals surface area contributed by atoms with Crippen molar-refractivity contribution in [2.75, 3.05) is 7.11 Å². The van der Waals surface area contributed by atoms with Crippen molar-refractivity contribution in [2.45, 2.75) is 20.0 Å². The maximum Gasteiger partial charge on any atom is 0.343 e. The van der Waals surface area contributed by atoms with E-state index in [4.69, 9.17) is 14.2 Å². The van der Waals surface area contributed by atoms with Crippen molar-refractivity contribution in [3.05, 3.63) is 102 Å². The van der Waals surface area contributed by atoms with Crippen molar-refractivity contribution in [3.63, 3.8) is 0 Å². The van der Waals surface area contributed by atoms with Gasteiger partial charge in [0.1, 0.15) is 5.75 Å². The van der Waals surface area contributed by atoms with E-state index in [-0.39, 0.29) is 5.75 Å². The summed E-state index contributed by atoms with van der Waals surface area (Å²) in [7, 11) is 1.48. The van der Waals surface area contributed by atoms with Gasteiger partial charge >= 0.3 is 5.97 Å². The zero-order chi connectivity index (χ0) is 25.5. The van der Waals surface area contributed by atoms with Gasteiger partial charge in [0.2, 0.25) is 0 Å². The Hall–Kier alpha value is -4.65. The van der Waals surface area contributed by atoms with Crippen LogP contribution >= 0.6 is 0 Å². The zero-order valence-electron chi connectivity index (χ0n) is 20.2. The monoisotopic (exact) mass is 482 g/mol. The molecule has 182 valence electrons. The second-order valence-electron chi connectivity index (χ2n) is 8.17. The molecule has 36 heavy (non-hydrogen) atoms. The number of aryl methyl sites for hydroxylation is 1. The van der Waals surface area contributed by atoms with Crippen molar-refractivity contribution in [1.29, 1.82) is 0 Å². The Labute approximate surface area is 209 Å². The fraction of sp³-hybridized carbons (Fsp3) is 0.138. The minimum atomic E-state index is -0.749. The van der Waals surface area contributed by atoms with E-state index >= 15 is 0 Å². The lowest BCUT2D eigenvalue weighted by atomic mass is 10.1. The first-order valence-corrected chi connectivity index (χ1v) is 11.4. The van der Waals surface area contributed by atoms with Gasteiger partial charge in [-0.25, -0.2) is 10.2 Å². The molecule has 4 aromatic carbocycles. The maximum absolute atomic E-state index is 12.4. The molecule has 0 radical (unpaired) electrons. The Morgan fingerprint density at radius 1 is 0.889 bits per heavy atom. The van der Waals surface area contributed by atoms with Gasteiger partial charge in [-0.05, 0) is 72.6 Å². The van der Waals surface area contributed by atoms with Crippen LogP contribution in [-0.4, -0.2) is 31.3 Å². The van der Waals surface area contributed by atoms with E-state index < -0.39 is 18.0 Å². The molecule has 4 rings (SSSR count). The third-order valence-electron chi connectivity index (χ3n) is 5.47. The Bertz CT molecular complexity index is 1410. The van der Waals surface area contributed by atoms with Gasteiger partial charge in [-0.1, -0.05) is 48.0 Å². The highest BCUT2D eigenvalue weighted by atomic mass is 16.6. The molecule has 1 amide bonds. The van der Waals surface area contributed by atoms with Crippen LogP contribution in [-0.2, 0) is 4.79 Å². The van der Waals surface area contributed by atoms with Crippen molar-refractivity contribution >= 4 is 28.9 Å². The summed E-state index contributed by atoms with van der Waals surface area (Å²) in [5.74, 6) is 0.360. The van der Waals surface area contributed by atoms with Crippen molar-refractivity contribution in [3.8, 4) is 17.2 Å². The number of rotatable bonds is 8. The third kappa shape index (κ3) is 6.07. The Morgan fingerprint density at radius 2 is 1.64 bits per heavy atom. The normalized spacial score (nSPS) is 11.8. The number of esters is 1. The van der Waals surface area contributed by atoms with E-state index in [0.29, 0.717) is 22.6 Å². The number of fused-ring (bicyclic) bond motifs is 1. The number of methoxy groups -OCH3 is 1. The third-order valence-corrected chi connectivity index (χ3v) is 5.47. The number of carbonyl (C=O) groups excluding carboxylic acids is 2. The molecule has 0 saturated heterocycles. The molecule has 0 aromatic heterocycles. The van der Waals surface area contributed by atoms with Gasteiger partial charge in [-0.2, -0.15) is 5.10 Å². The molecule has 7 nitrogen and oxygen atoms in total. The van der Waals surface area contributed by atoms with Gasteiger partial charge in [0.05, 0.1) is 18.9 Å². The summed E-state index contributed by atoms with van der Waals surface area (Å²) in [4.78, 5) is 24.8. The Balaban J connectivity index is 1.35. The lowest BCUT2D eigenvalue weighted by Crippen LogP contribution is -2.33. The number of carbonyl (C=O) groups is 2. The van der Waals surface area contributed by atoms with Crippen LogP contribution in [0.15, 0.2) is 90.0 Å². The summed E-state index contributed by atoms with van der Waals surface area (Å²) >= 11 is 0. The molecule has 1 atom stereocenters. The molecular weight excluding hydrogens is 456 g/mol. The van der Waals surface area contributed by atoms with Gasteiger partial charge in [-0.15, -0.1) is 0 Å². The molecule has 0 heterocycles. The van der Waals surface area contributed by atoms with Gasteiger partial charge in [0.25, 0.3) is 5.91 Å². The molecule has 0 aliphatic rings. The fourth-order valence-electron chi connectivity index (χ4n) is 3.46. The summed E-state index contributed by atoms with van der Waals surface area (Å²) in [6.07, 6.45) is 0.718. The van der Waals surface area contributed by atoms with Crippen LogP contribution in [0.4, 0.5) is 0 Å². The summed E-state index contributed by atoms with van der Waals surface area (Å²) < 4.78 is 16.6. The highest BCUT2D eigenvalue weighted by Gasteiger charge is 2.15. The van der Waals surface area contributed by atoms with Crippen LogP contribution < -0.4 is 19.6 Å². The molecule has 0 bridgehead atoms. The first-order valence-electron chi connectivity index (χ1n) is 11.4. The topological polar surface area (TPSA) is 86.2 Å². The summed E-state index contributed by atoms with van der Waals surface area (Å²) in [5, 5.41) is 6.13. The van der Waals surface area contributed by atoms with Gasteiger partial charge in [-0.3, -0.25) is 4.79 Å². The standard InChI is InChI=1S/C29H26N2O5/c1-19-8-11-23(12-9-19)29(33)36-26-15-10-21(16-27(26)34-3)18-30-31-28(32)20(2)35-25-14-13-22-6-4-5-7-24(22)17-25/h4-18,20H,1-3H3,(H,31,32). The number of hydrazone groups is 1. The lowest BCUT2D eigenvalue weighted by Gasteiger charge is -2.13. The van der Waals surface area contributed by atoms with Gasteiger partial charge in [0, 0.05) is 0 Å². The first-order chi connectivity index (χ1) is 17.4. The first kappa shape index (κ1) is 24.5. The second kappa shape index (κ2) is 11.2. The minimum absolute atomic E-state index is 0.279. The van der Waals surface area contributed by atoms with Crippen LogP contribution in [0.25, 0.3) is 10.8 Å². The highest BCUT2D eigenvalue weighted by molar-refractivity contribution is 5.92. The van der Waals surface area contributed by atoms with Crippen molar-refractivity contribution in [2.24, 2.45) is 5.10 Å². The lowest BCUT2D eigenvalue weighted by molar-refractivity contribution is -0.127. The van der Waals surface area contributed by atoms with Crippen LogP contribution in [0.1, 0.15) is 28.4 Å². The molecule has 1 N–H and O–H groups in total. The average molecular weight is 483 g/mol. The minimum Gasteiger partial charge on any atom is -0.493 e. The largest absolute Gasteiger partial charge is 0.493 e. The predicted octanol–water partition coefficient (Wildman–Crippen LogP) is 5.29. The second-order valence-corrected chi connectivity index (χ2v) is 8.17. The quantitative estimate of drug-likeness (QED) is 0.160. The molecule has 0 fully saturated rings. The molecule has 0 aliphatic carbocycles. The van der Waals surface area contributed by atoms with Crippen molar-refractivity contribution in [1.82, 2.24) is 5.43 Å². The molecular formula is C29H26N2O5. The van der Waals surface area contributed by atoms with Crippen LogP contribution in [0.2, 0.25) is 0 Å². The molecule has 0 spiro atoms. The number of nitrogens with one attached hydrogen (secondary N) is 1. The Kier molecular flexibility index (Phi) is 7.60. The van der Waals surface area contributed by atoms with Gasteiger partial charge in [0.15, 0.2) is 17.6 Å². The molecule has 7 heteroatoms. The predicted molar refractivity (Wildman–Crippen MR) is 139 cm³/mol.